The van der Waals surface area contributed by atoms with Gasteiger partial charge in [0, 0.05) is 12.1 Å². The average molecular weight is 296 g/mol. The molecule has 0 aromatic rings. The van der Waals surface area contributed by atoms with Crippen LogP contribution >= 0.6 is 0 Å². The molecule has 1 aliphatic heterocycles. The normalized spacial score (nSPS) is 28.1. The summed E-state index contributed by atoms with van der Waals surface area (Å²) >= 11 is 0. The quantitative estimate of drug-likeness (QED) is 0.739. The lowest BCUT2D eigenvalue weighted by Gasteiger charge is -2.36. The first kappa shape index (κ1) is 17.3. The van der Waals surface area contributed by atoms with Crippen LogP contribution in [-0.2, 0) is 4.74 Å². The maximum absolute atomic E-state index is 6.56. The molecule has 124 valence electrons. The molecule has 2 aliphatic rings. The van der Waals surface area contributed by atoms with E-state index in [1.54, 1.807) is 0 Å². The van der Waals surface area contributed by atoms with Crippen LogP contribution in [0.25, 0.3) is 0 Å². The molecule has 1 saturated carbocycles. The van der Waals surface area contributed by atoms with Gasteiger partial charge in [-0.15, -0.1) is 0 Å². The summed E-state index contributed by atoms with van der Waals surface area (Å²) in [7, 11) is 0. The molecular weight excluding hydrogens is 258 g/mol. The fourth-order valence-electron chi connectivity index (χ4n) is 4.32. The van der Waals surface area contributed by atoms with Crippen molar-refractivity contribution in [2.75, 3.05) is 6.54 Å². The van der Waals surface area contributed by atoms with Crippen LogP contribution in [0.15, 0.2) is 0 Å². The van der Waals surface area contributed by atoms with Crippen LogP contribution in [-0.4, -0.2) is 23.8 Å². The second-order valence-electron chi connectivity index (χ2n) is 9.04. The number of hydrogen-bond acceptors (Lipinski definition) is 2. The van der Waals surface area contributed by atoms with Gasteiger partial charge in [-0.3, -0.25) is 0 Å². The van der Waals surface area contributed by atoms with Crippen LogP contribution in [0.2, 0.25) is 0 Å². The zero-order valence-corrected chi connectivity index (χ0v) is 15.1. The summed E-state index contributed by atoms with van der Waals surface area (Å²) in [6.45, 7) is 12.7. The Labute approximate surface area is 132 Å². The standard InChI is InChI=1S/C19H37NO/c1-6-10-18(5,15-20-17(2,3)4)14-16-9-13-19(21-16)11-7-8-12-19/h16,20H,6-15H2,1-5H3. The monoisotopic (exact) mass is 295 g/mol. The Morgan fingerprint density at radius 3 is 2.33 bits per heavy atom. The second kappa shape index (κ2) is 6.58. The molecule has 2 fully saturated rings. The van der Waals surface area contributed by atoms with Crippen molar-refractivity contribution in [3.8, 4) is 0 Å². The van der Waals surface area contributed by atoms with Crippen molar-refractivity contribution in [1.82, 2.24) is 5.32 Å². The lowest BCUT2D eigenvalue weighted by Crippen LogP contribution is -2.44. The molecule has 1 spiro atoms. The first-order valence-electron chi connectivity index (χ1n) is 9.19. The Hall–Kier alpha value is -0.0800. The summed E-state index contributed by atoms with van der Waals surface area (Å²) < 4.78 is 6.56. The highest BCUT2D eigenvalue weighted by Crippen LogP contribution is 2.46. The molecule has 2 nitrogen and oxygen atoms in total. The van der Waals surface area contributed by atoms with E-state index < -0.39 is 0 Å². The van der Waals surface area contributed by atoms with E-state index in [-0.39, 0.29) is 11.1 Å². The molecule has 2 heteroatoms. The van der Waals surface area contributed by atoms with Gasteiger partial charge in [0.05, 0.1) is 11.7 Å². The van der Waals surface area contributed by atoms with Crippen molar-refractivity contribution in [1.29, 1.82) is 0 Å². The van der Waals surface area contributed by atoms with E-state index in [0.717, 1.165) is 6.54 Å². The predicted molar refractivity (Wildman–Crippen MR) is 90.7 cm³/mol. The molecule has 1 heterocycles. The topological polar surface area (TPSA) is 21.3 Å². The molecule has 1 aliphatic carbocycles. The maximum atomic E-state index is 6.56. The van der Waals surface area contributed by atoms with Gasteiger partial charge in [-0.25, -0.2) is 0 Å². The number of hydrogen-bond donors (Lipinski definition) is 1. The van der Waals surface area contributed by atoms with Gasteiger partial charge >= 0.3 is 0 Å². The average Bonchev–Trinajstić information content (AvgIpc) is 2.98. The SMILES string of the molecule is CCCC(C)(CNC(C)(C)C)CC1CCC2(CCCC2)O1. The van der Waals surface area contributed by atoms with Crippen molar-refractivity contribution >= 4 is 0 Å². The van der Waals surface area contributed by atoms with Crippen LogP contribution in [0, 0.1) is 5.41 Å². The van der Waals surface area contributed by atoms with Crippen molar-refractivity contribution < 1.29 is 4.74 Å². The first-order valence-corrected chi connectivity index (χ1v) is 9.19. The molecule has 0 aromatic carbocycles. The molecule has 0 aromatic heterocycles. The van der Waals surface area contributed by atoms with E-state index in [2.05, 4.69) is 39.9 Å². The highest BCUT2D eigenvalue weighted by molar-refractivity contribution is 4.95. The Morgan fingerprint density at radius 1 is 1.10 bits per heavy atom. The highest BCUT2D eigenvalue weighted by atomic mass is 16.5. The van der Waals surface area contributed by atoms with Gasteiger partial charge in [0.2, 0.25) is 0 Å². The Bertz CT molecular complexity index is 327. The van der Waals surface area contributed by atoms with Gasteiger partial charge in [-0.1, -0.05) is 33.1 Å². The fraction of sp³-hybridized carbons (Fsp3) is 1.00. The molecule has 2 unspecified atom stereocenters. The van der Waals surface area contributed by atoms with E-state index in [9.17, 15) is 0 Å². The molecule has 2 rings (SSSR count). The highest BCUT2D eigenvalue weighted by Gasteiger charge is 2.43. The van der Waals surface area contributed by atoms with Crippen molar-refractivity contribution in [3.05, 3.63) is 0 Å². The Morgan fingerprint density at radius 2 is 1.76 bits per heavy atom. The van der Waals surface area contributed by atoms with Gasteiger partial charge < -0.3 is 10.1 Å². The van der Waals surface area contributed by atoms with Crippen molar-refractivity contribution in [2.24, 2.45) is 5.41 Å². The summed E-state index contributed by atoms with van der Waals surface area (Å²) in [5.74, 6) is 0. The smallest absolute Gasteiger partial charge is 0.0687 e. The number of ether oxygens (including phenoxy) is 1. The van der Waals surface area contributed by atoms with Crippen molar-refractivity contribution in [2.45, 2.75) is 110 Å². The third-order valence-electron chi connectivity index (χ3n) is 5.47. The van der Waals surface area contributed by atoms with Crippen molar-refractivity contribution in [3.63, 3.8) is 0 Å². The van der Waals surface area contributed by atoms with Crippen LogP contribution in [0.1, 0.15) is 92.4 Å². The fourth-order valence-corrected chi connectivity index (χ4v) is 4.32. The zero-order valence-electron chi connectivity index (χ0n) is 15.1. The summed E-state index contributed by atoms with van der Waals surface area (Å²) in [4.78, 5) is 0. The van der Waals surface area contributed by atoms with Crippen LogP contribution in [0.3, 0.4) is 0 Å². The van der Waals surface area contributed by atoms with Gasteiger partial charge in [0.15, 0.2) is 0 Å². The van der Waals surface area contributed by atoms with Crippen LogP contribution in [0.4, 0.5) is 0 Å². The number of rotatable bonds is 6. The number of nitrogens with one attached hydrogen (secondary N) is 1. The van der Waals surface area contributed by atoms with Gasteiger partial charge in [0.25, 0.3) is 0 Å². The van der Waals surface area contributed by atoms with E-state index in [1.165, 1.54) is 57.8 Å². The predicted octanol–water partition coefficient (Wildman–Crippen LogP) is 5.06. The second-order valence-corrected chi connectivity index (χ2v) is 9.04. The molecule has 0 bridgehead atoms. The largest absolute Gasteiger partial charge is 0.372 e. The molecule has 0 amide bonds. The minimum Gasteiger partial charge on any atom is -0.372 e. The zero-order chi connectivity index (χ0) is 15.6. The van der Waals surface area contributed by atoms with Crippen LogP contribution in [0.5, 0.6) is 0 Å². The Kier molecular flexibility index (Phi) is 5.41. The molecule has 1 saturated heterocycles. The summed E-state index contributed by atoms with van der Waals surface area (Å²) in [6.07, 6.45) is 12.3. The third kappa shape index (κ3) is 4.96. The van der Waals surface area contributed by atoms with E-state index >= 15 is 0 Å². The van der Waals surface area contributed by atoms with E-state index in [1.807, 2.05) is 0 Å². The molecule has 1 N–H and O–H groups in total. The lowest BCUT2D eigenvalue weighted by atomic mass is 9.79. The molecule has 0 radical (unpaired) electrons. The summed E-state index contributed by atoms with van der Waals surface area (Å²) in [5, 5.41) is 3.73. The summed E-state index contributed by atoms with van der Waals surface area (Å²) in [6, 6.07) is 0. The third-order valence-corrected chi connectivity index (χ3v) is 5.47. The maximum Gasteiger partial charge on any atom is 0.0687 e. The molecule has 2 atom stereocenters. The minimum absolute atomic E-state index is 0.207. The van der Waals surface area contributed by atoms with Gasteiger partial charge in [-0.05, 0) is 64.7 Å². The lowest BCUT2D eigenvalue weighted by molar-refractivity contribution is -0.0531. The van der Waals surface area contributed by atoms with E-state index in [0.29, 0.717) is 11.5 Å². The van der Waals surface area contributed by atoms with Gasteiger partial charge in [0.1, 0.15) is 0 Å². The van der Waals surface area contributed by atoms with Crippen LogP contribution < -0.4 is 5.32 Å². The Balaban J connectivity index is 1.90. The molecule has 21 heavy (non-hydrogen) atoms. The van der Waals surface area contributed by atoms with E-state index in [4.69, 9.17) is 4.74 Å². The summed E-state index contributed by atoms with van der Waals surface area (Å²) in [5.41, 5.74) is 0.865. The minimum atomic E-state index is 0.207. The molecular formula is C19H37NO. The van der Waals surface area contributed by atoms with Gasteiger partial charge in [-0.2, -0.15) is 0 Å². The first-order chi connectivity index (χ1) is 9.76.